The Hall–Kier alpha value is -10.2. The van der Waals surface area contributed by atoms with E-state index in [4.69, 9.17) is 104 Å². The number of aromatic nitrogens is 4. The molecule has 16 aromatic rings. The number of nitrogens with one attached hydrogen (secondary N) is 4. The summed E-state index contributed by atoms with van der Waals surface area (Å²) < 4.78 is 55.6. The number of hydrogen-bond donors (Lipinski definition) is 4. The van der Waals surface area contributed by atoms with Crippen LogP contribution < -0.4 is 22.2 Å². The van der Waals surface area contributed by atoms with Crippen molar-refractivity contribution >= 4 is 147 Å². The van der Waals surface area contributed by atoms with Crippen molar-refractivity contribution in [2.45, 2.75) is 41.5 Å². The van der Waals surface area contributed by atoms with Gasteiger partial charge in [0.1, 0.15) is 11.6 Å². The Morgan fingerprint density at radius 3 is 0.856 bits per heavy atom. The number of aryl methyl sites for hydroxylation is 3. The molecule has 556 valence electrons. The fraction of sp³-hybridized carbons (Fsp3) is 0.0667. The van der Waals surface area contributed by atoms with Gasteiger partial charge in [0.2, 0.25) is 0 Å². The molecule has 0 aliphatic carbocycles. The Morgan fingerprint density at radius 1 is 0.270 bits per heavy atom. The van der Waals surface area contributed by atoms with Crippen LogP contribution in [-0.2, 0) is 6.42 Å². The van der Waals surface area contributed by atoms with Gasteiger partial charge in [0.25, 0.3) is 22.2 Å². The fourth-order valence-corrected chi connectivity index (χ4v) is 16.6. The molecule has 0 saturated heterocycles. The minimum atomic E-state index is -0.934. The van der Waals surface area contributed by atoms with Crippen LogP contribution >= 0.6 is 104 Å². The Bertz CT molecular complexity index is 6360. The van der Waals surface area contributed by atoms with Crippen molar-refractivity contribution in [2.75, 3.05) is 0 Å². The molecule has 4 heterocycles. The van der Waals surface area contributed by atoms with Crippen LogP contribution in [-0.4, -0.2) is 19.9 Å². The summed E-state index contributed by atoms with van der Waals surface area (Å²) in [6.45, 7) is 7.49. The molecule has 4 N–H and O–H groups in total. The molecule has 0 unspecified atom stereocenters. The van der Waals surface area contributed by atoms with Gasteiger partial charge in [0.05, 0.1) is 62.4 Å². The van der Waals surface area contributed by atoms with Crippen LogP contribution in [0.3, 0.4) is 0 Å². The second-order valence-corrected chi connectivity index (χ2v) is 29.2. The standard InChI is InChI=1S/C23H16Cl3NO.C22H13Cl2F2NO.2C22H14Cl2FNO.CH4/c1-2-13-14(7-4-9-18(13)24)15-6-3-8-16-17(15)12-27-23(28)21(16)22-19(25)10-5-11-20(22)26;1-11-8-9-17(25)21(26)18(11)12-4-2-5-13-14(12)10-27-22(28)19(13)20-15(23)6-3-7-16(20)24;2*1-12-10-13(25)8-9-14(12)15-4-2-5-16-17(15)11-26-22(27)20(16)21-18(23)6-3-7-19(21)24;/h3-12H,2H2,1H3,(H,27,28);2-10H,1H3,(H,27,28);2*2-11H,1H3,(H,26,27);1H4. The fourth-order valence-electron chi connectivity index (χ4n) is 14.0. The number of rotatable bonds is 9. The molecule has 0 saturated carbocycles. The Morgan fingerprint density at radius 2 is 0.541 bits per heavy atom. The zero-order valence-electron chi connectivity index (χ0n) is 58.3. The molecule has 0 spiro atoms. The quantitative estimate of drug-likeness (QED) is 0.107. The van der Waals surface area contributed by atoms with E-state index in [1.165, 1.54) is 36.5 Å². The summed E-state index contributed by atoms with van der Waals surface area (Å²) in [6.07, 6.45) is 7.37. The molecule has 4 aromatic heterocycles. The predicted molar refractivity (Wildman–Crippen MR) is 457 cm³/mol. The monoisotopic (exact) mass is 1650 g/mol. The van der Waals surface area contributed by atoms with Crippen molar-refractivity contribution in [2.24, 2.45) is 0 Å². The van der Waals surface area contributed by atoms with E-state index in [2.05, 4.69) is 26.9 Å². The Labute approximate surface area is 679 Å². The summed E-state index contributed by atoms with van der Waals surface area (Å²) in [5.41, 5.74) is 11.9. The Kier molecular flexibility index (Phi) is 24.7. The minimum Gasteiger partial charge on any atom is -0.328 e. The molecule has 0 radical (unpaired) electrons. The van der Waals surface area contributed by atoms with Gasteiger partial charge in [-0.05, 0) is 195 Å². The highest BCUT2D eigenvalue weighted by molar-refractivity contribution is 6.42. The first kappa shape index (κ1) is 80.3. The lowest BCUT2D eigenvalue weighted by Gasteiger charge is -2.15. The number of aromatic amines is 4. The van der Waals surface area contributed by atoms with E-state index in [0.717, 1.165) is 99.9 Å². The first-order chi connectivity index (χ1) is 52.9. The van der Waals surface area contributed by atoms with Gasteiger partial charge >= 0.3 is 0 Å². The van der Waals surface area contributed by atoms with Crippen molar-refractivity contribution in [3.8, 4) is 89.0 Å². The lowest BCUT2D eigenvalue weighted by Crippen LogP contribution is -2.09. The third-order valence-electron chi connectivity index (χ3n) is 18.9. The summed E-state index contributed by atoms with van der Waals surface area (Å²) >= 11 is 57.3. The van der Waals surface area contributed by atoms with E-state index in [1.807, 2.05) is 86.6 Å². The van der Waals surface area contributed by atoms with E-state index in [0.29, 0.717) is 101 Å². The van der Waals surface area contributed by atoms with Crippen molar-refractivity contribution in [1.29, 1.82) is 0 Å². The maximum absolute atomic E-state index is 14.6. The lowest BCUT2D eigenvalue weighted by atomic mass is 9.92. The molecule has 0 amide bonds. The smallest absolute Gasteiger partial charge is 0.256 e. The first-order valence-corrected chi connectivity index (χ1v) is 37.4. The molecule has 0 bridgehead atoms. The average Bonchev–Trinajstić information content (AvgIpc) is 0.770. The number of fused-ring (bicyclic) bond motifs is 4. The van der Waals surface area contributed by atoms with E-state index in [9.17, 15) is 36.7 Å². The predicted octanol–water partition coefficient (Wildman–Crippen LogP) is 28.0. The summed E-state index contributed by atoms with van der Waals surface area (Å²) in [4.78, 5) is 61.9. The van der Waals surface area contributed by atoms with Gasteiger partial charge in [-0.1, -0.05) is 246 Å². The van der Waals surface area contributed by atoms with Crippen molar-refractivity contribution in [3.05, 3.63) is 369 Å². The van der Waals surface area contributed by atoms with Gasteiger partial charge < -0.3 is 19.9 Å². The molecule has 21 heteroatoms. The topological polar surface area (TPSA) is 131 Å². The zero-order valence-corrected chi connectivity index (χ0v) is 65.1. The van der Waals surface area contributed by atoms with E-state index < -0.39 is 11.6 Å². The van der Waals surface area contributed by atoms with Crippen LogP contribution in [0.1, 0.15) is 36.6 Å². The van der Waals surface area contributed by atoms with Gasteiger partial charge in [-0.25, -0.2) is 17.6 Å². The zero-order chi connectivity index (χ0) is 78.1. The van der Waals surface area contributed by atoms with Crippen molar-refractivity contribution in [3.63, 3.8) is 0 Å². The minimum absolute atomic E-state index is 0. The average molecular weight is 1660 g/mol. The van der Waals surface area contributed by atoms with Gasteiger partial charge in [0, 0.05) is 79.2 Å². The molecule has 8 nitrogen and oxygen atoms in total. The molecular formula is C90H61Cl9F4N4O4. The van der Waals surface area contributed by atoms with E-state index in [-0.39, 0.29) is 52.4 Å². The number of H-pyrrole nitrogens is 4. The van der Waals surface area contributed by atoms with E-state index >= 15 is 0 Å². The molecule has 0 atom stereocenters. The molecule has 12 aromatic carbocycles. The first-order valence-electron chi connectivity index (χ1n) is 34.0. The van der Waals surface area contributed by atoms with Gasteiger partial charge in [0.15, 0.2) is 11.6 Å². The highest BCUT2D eigenvalue weighted by atomic mass is 35.5. The highest BCUT2D eigenvalue weighted by Crippen LogP contribution is 2.45. The van der Waals surface area contributed by atoms with Crippen LogP contribution in [0.5, 0.6) is 0 Å². The number of hydrogen-bond acceptors (Lipinski definition) is 4. The maximum Gasteiger partial charge on any atom is 0.256 e. The second kappa shape index (κ2) is 34.2. The third-order valence-corrected chi connectivity index (χ3v) is 21.8. The summed E-state index contributed by atoms with van der Waals surface area (Å²) in [7, 11) is 0. The van der Waals surface area contributed by atoms with Crippen LogP contribution in [0, 0.1) is 44.0 Å². The maximum atomic E-state index is 14.6. The number of halogens is 13. The number of benzene rings is 12. The molecule has 0 aliphatic heterocycles. The van der Waals surface area contributed by atoms with Gasteiger partial charge in [-0.2, -0.15) is 0 Å². The van der Waals surface area contributed by atoms with E-state index in [1.54, 1.807) is 129 Å². The molecule has 16 rings (SSSR count). The summed E-state index contributed by atoms with van der Waals surface area (Å²) in [5.74, 6) is -2.44. The SMILES string of the molecule is C.CCc1c(Cl)cccc1-c1cccc2c(-c3c(Cl)cccc3Cl)c(=O)[nH]cc12.Cc1cc(F)ccc1-c1cccc2c(-c3c(Cl)cccc3Cl)c(=O)[nH]cc12.Cc1cc(F)ccc1-c1cccc2c(-c3c(Cl)cccc3Cl)c(=O)[nH]cc12.Cc1ccc(F)c(F)c1-c1cccc2c(-c3c(Cl)cccc3Cl)c(=O)[nH]cc12. The molecular weight excluding hydrogens is 1600 g/mol. The highest BCUT2D eigenvalue weighted by Gasteiger charge is 2.25. The Balaban J connectivity index is 0.000000137. The van der Waals surface area contributed by atoms with Gasteiger partial charge in [-0.15, -0.1) is 0 Å². The van der Waals surface area contributed by atoms with Crippen LogP contribution in [0.4, 0.5) is 17.6 Å². The summed E-state index contributed by atoms with van der Waals surface area (Å²) in [6, 6.07) is 60.6. The van der Waals surface area contributed by atoms with Gasteiger partial charge in [-0.3, -0.25) is 19.2 Å². The van der Waals surface area contributed by atoms with Crippen molar-refractivity contribution in [1.82, 2.24) is 19.9 Å². The largest absolute Gasteiger partial charge is 0.328 e. The summed E-state index contributed by atoms with van der Waals surface area (Å²) in [5, 5.41) is 9.80. The molecule has 0 aliphatic rings. The number of pyridine rings is 4. The third kappa shape index (κ3) is 15.9. The van der Waals surface area contributed by atoms with Crippen LogP contribution in [0.2, 0.25) is 45.2 Å². The second-order valence-electron chi connectivity index (χ2n) is 25.5. The van der Waals surface area contributed by atoms with Crippen molar-refractivity contribution < 1.29 is 17.6 Å². The molecule has 111 heavy (non-hydrogen) atoms. The molecule has 0 fully saturated rings. The normalized spacial score (nSPS) is 11.0. The lowest BCUT2D eigenvalue weighted by molar-refractivity contribution is 0.510. The van der Waals surface area contributed by atoms with Crippen LogP contribution in [0.25, 0.3) is 132 Å². The van der Waals surface area contributed by atoms with Crippen LogP contribution in [0.15, 0.2) is 256 Å².